The van der Waals surface area contributed by atoms with Crippen LogP contribution in [0.2, 0.25) is 0 Å². The Bertz CT molecular complexity index is 1250. The van der Waals surface area contributed by atoms with Gasteiger partial charge >= 0.3 is 0 Å². The number of imide groups is 1. The lowest BCUT2D eigenvalue weighted by atomic mass is 10.0. The summed E-state index contributed by atoms with van der Waals surface area (Å²) in [5.41, 5.74) is 3.89. The van der Waals surface area contributed by atoms with Gasteiger partial charge in [0.05, 0.1) is 22.7 Å². The van der Waals surface area contributed by atoms with E-state index in [1.165, 1.54) is 24.3 Å². The summed E-state index contributed by atoms with van der Waals surface area (Å²) in [5.74, 6) is -0.962. The highest BCUT2D eigenvalue weighted by Gasteiger charge is 2.39. The van der Waals surface area contributed by atoms with Gasteiger partial charge in [0.25, 0.3) is 17.5 Å². The smallest absolute Gasteiger partial charge is 0.278 e. The van der Waals surface area contributed by atoms with Crippen molar-refractivity contribution in [3.63, 3.8) is 0 Å². The fraction of sp³-hybridized carbons (Fsp3) is 0.125. The molecule has 0 saturated heterocycles. The first kappa shape index (κ1) is 20.9. The molecule has 32 heavy (non-hydrogen) atoms. The van der Waals surface area contributed by atoms with E-state index < -0.39 is 16.7 Å². The van der Waals surface area contributed by atoms with E-state index in [4.69, 9.17) is 0 Å². The Kier molecular flexibility index (Phi) is 5.51. The molecule has 0 saturated carbocycles. The van der Waals surface area contributed by atoms with Crippen molar-refractivity contribution >= 4 is 28.8 Å². The van der Waals surface area contributed by atoms with Crippen LogP contribution in [0.1, 0.15) is 22.4 Å². The maximum absolute atomic E-state index is 13.3. The third kappa shape index (κ3) is 3.98. The second-order valence-corrected chi connectivity index (χ2v) is 7.51. The van der Waals surface area contributed by atoms with Crippen LogP contribution in [0.3, 0.4) is 0 Å². The molecule has 3 aromatic rings. The first-order valence-corrected chi connectivity index (χ1v) is 9.94. The fourth-order valence-corrected chi connectivity index (χ4v) is 3.60. The Hall–Kier alpha value is -4.33. The highest BCUT2D eigenvalue weighted by atomic mass is 16.6. The normalized spacial score (nSPS) is 13.6. The second kappa shape index (κ2) is 8.43. The average molecular weight is 428 g/mol. The van der Waals surface area contributed by atoms with Crippen molar-refractivity contribution in [1.29, 1.82) is 0 Å². The Labute approximate surface area is 184 Å². The molecule has 8 heteroatoms. The lowest BCUT2D eigenvalue weighted by Crippen LogP contribution is -2.32. The molecule has 8 nitrogen and oxygen atoms in total. The molecule has 0 aliphatic carbocycles. The number of nitro benzene ring substituents is 1. The van der Waals surface area contributed by atoms with Gasteiger partial charge in [-0.2, -0.15) is 0 Å². The van der Waals surface area contributed by atoms with Crippen LogP contribution < -0.4 is 5.32 Å². The van der Waals surface area contributed by atoms with Crippen molar-refractivity contribution in [2.45, 2.75) is 20.4 Å². The van der Waals surface area contributed by atoms with Crippen LogP contribution in [0.15, 0.2) is 72.6 Å². The molecular weight excluding hydrogens is 408 g/mol. The zero-order chi connectivity index (χ0) is 22.8. The summed E-state index contributed by atoms with van der Waals surface area (Å²) in [4.78, 5) is 42.5. The number of carbonyl (C=O) groups excluding carboxylic acids is 2. The number of amides is 2. The number of benzene rings is 2. The van der Waals surface area contributed by atoms with Crippen LogP contribution in [-0.4, -0.2) is 26.6 Å². The van der Waals surface area contributed by atoms with E-state index in [1.54, 1.807) is 24.4 Å². The minimum atomic E-state index is -0.512. The first-order valence-electron chi connectivity index (χ1n) is 9.94. The lowest BCUT2D eigenvalue weighted by Gasteiger charge is -2.15. The van der Waals surface area contributed by atoms with Crippen molar-refractivity contribution < 1.29 is 14.5 Å². The summed E-state index contributed by atoms with van der Waals surface area (Å²) in [5, 5.41) is 14.2. The number of aryl methyl sites for hydroxylation is 2. The lowest BCUT2D eigenvalue weighted by molar-refractivity contribution is -0.384. The number of aromatic nitrogens is 1. The largest absolute Gasteiger partial charge is 0.350 e. The minimum absolute atomic E-state index is 0.0209. The molecule has 0 spiro atoms. The van der Waals surface area contributed by atoms with Crippen molar-refractivity contribution in [3.8, 4) is 0 Å². The molecule has 1 aromatic heterocycles. The summed E-state index contributed by atoms with van der Waals surface area (Å²) < 4.78 is 0. The highest BCUT2D eigenvalue weighted by Crippen LogP contribution is 2.33. The number of nitro groups is 1. The van der Waals surface area contributed by atoms with Crippen LogP contribution in [0.4, 0.5) is 11.4 Å². The Balaban J connectivity index is 1.77. The first-order chi connectivity index (χ1) is 15.3. The summed E-state index contributed by atoms with van der Waals surface area (Å²) >= 11 is 0. The topological polar surface area (TPSA) is 105 Å². The quantitative estimate of drug-likeness (QED) is 0.361. The van der Waals surface area contributed by atoms with E-state index in [0.717, 1.165) is 16.0 Å². The third-order valence-electron chi connectivity index (χ3n) is 5.22. The third-order valence-corrected chi connectivity index (χ3v) is 5.22. The second-order valence-electron chi connectivity index (χ2n) is 7.51. The minimum Gasteiger partial charge on any atom is -0.350 e. The van der Waals surface area contributed by atoms with Crippen LogP contribution >= 0.6 is 0 Å². The molecule has 2 amide bonds. The summed E-state index contributed by atoms with van der Waals surface area (Å²) in [6, 6.07) is 16.6. The van der Waals surface area contributed by atoms with Crippen LogP contribution in [-0.2, 0) is 16.1 Å². The van der Waals surface area contributed by atoms with E-state index in [2.05, 4.69) is 10.3 Å². The maximum Gasteiger partial charge on any atom is 0.278 e. The van der Waals surface area contributed by atoms with Crippen molar-refractivity contribution in [1.82, 2.24) is 9.88 Å². The van der Waals surface area contributed by atoms with Gasteiger partial charge in [0.15, 0.2) is 0 Å². The molecule has 1 aliphatic heterocycles. The number of hydrogen-bond donors (Lipinski definition) is 1. The number of nitrogens with zero attached hydrogens (tertiary/aromatic N) is 3. The molecule has 0 radical (unpaired) electrons. The summed E-state index contributed by atoms with van der Waals surface area (Å²) in [6.45, 7) is 3.90. The SMILES string of the molecule is Cc1ccc(NC2=C(c3ccc([N+](=O)[O-])cc3)C(=O)N(Cc3ccccn3)C2=O)c(C)c1. The molecular formula is C24H20N4O4. The van der Waals surface area contributed by atoms with Crippen LogP contribution in [0.5, 0.6) is 0 Å². The van der Waals surface area contributed by atoms with Gasteiger partial charge in [-0.15, -0.1) is 0 Å². The molecule has 2 aromatic carbocycles. The summed E-state index contributed by atoms with van der Waals surface area (Å²) in [7, 11) is 0. The monoisotopic (exact) mass is 428 g/mol. The van der Waals surface area contributed by atoms with Crippen LogP contribution in [0, 0.1) is 24.0 Å². The van der Waals surface area contributed by atoms with Gasteiger partial charge in [0, 0.05) is 24.0 Å². The highest BCUT2D eigenvalue weighted by molar-refractivity contribution is 6.36. The number of hydrogen-bond acceptors (Lipinski definition) is 6. The zero-order valence-corrected chi connectivity index (χ0v) is 17.5. The maximum atomic E-state index is 13.3. The van der Waals surface area contributed by atoms with Gasteiger partial charge in [0.2, 0.25) is 0 Å². The van der Waals surface area contributed by atoms with Crippen LogP contribution in [0.25, 0.3) is 5.57 Å². The van der Waals surface area contributed by atoms with Crippen molar-refractivity contribution in [2.75, 3.05) is 5.32 Å². The van der Waals surface area contributed by atoms with E-state index in [9.17, 15) is 19.7 Å². The van der Waals surface area contributed by atoms with E-state index in [1.807, 2.05) is 32.0 Å². The van der Waals surface area contributed by atoms with Crippen molar-refractivity contribution in [2.24, 2.45) is 0 Å². The van der Waals surface area contributed by atoms with E-state index in [-0.39, 0.29) is 23.5 Å². The predicted octanol–water partition coefficient (Wildman–Crippen LogP) is 4.00. The number of non-ortho nitro benzene ring substituents is 1. The predicted molar refractivity (Wildman–Crippen MR) is 119 cm³/mol. The fourth-order valence-electron chi connectivity index (χ4n) is 3.60. The molecule has 0 atom stereocenters. The zero-order valence-electron chi connectivity index (χ0n) is 17.5. The average Bonchev–Trinajstić information content (AvgIpc) is 3.00. The van der Waals surface area contributed by atoms with E-state index >= 15 is 0 Å². The van der Waals surface area contributed by atoms with E-state index in [0.29, 0.717) is 16.9 Å². The van der Waals surface area contributed by atoms with Crippen molar-refractivity contribution in [3.05, 3.63) is 105 Å². The molecule has 1 aliphatic rings. The number of rotatable bonds is 6. The van der Waals surface area contributed by atoms with Gasteiger partial charge in [-0.25, -0.2) is 0 Å². The molecule has 0 unspecified atom stereocenters. The molecule has 1 N–H and O–H groups in total. The number of carbonyl (C=O) groups is 2. The molecule has 2 heterocycles. The van der Waals surface area contributed by atoms with Gasteiger partial charge < -0.3 is 5.32 Å². The molecule has 0 bridgehead atoms. The number of anilines is 1. The van der Waals surface area contributed by atoms with Gasteiger partial charge in [0.1, 0.15) is 5.70 Å². The Morgan fingerprint density at radius 2 is 1.75 bits per heavy atom. The standard InChI is InChI=1S/C24H20N4O4/c1-15-6-11-20(16(2)13-15)26-22-21(17-7-9-19(10-8-17)28(31)32)23(29)27(24(22)30)14-18-5-3-4-12-25-18/h3-13,26H,14H2,1-2H3. The Morgan fingerprint density at radius 1 is 1.00 bits per heavy atom. The number of nitrogens with one attached hydrogen (secondary N) is 1. The van der Waals surface area contributed by atoms with Gasteiger partial charge in [-0.1, -0.05) is 23.8 Å². The van der Waals surface area contributed by atoms with Gasteiger partial charge in [-0.3, -0.25) is 29.6 Å². The number of pyridine rings is 1. The molecule has 0 fully saturated rings. The van der Waals surface area contributed by atoms with Gasteiger partial charge in [-0.05, 0) is 55.3 Å². The molecule has 4 rings (SSSR count). The molecule has 160 valence electrons. The summed E-state index contributed by atoms with van der Waals surface area (Å²) in [6.07, 6.45) is 1.60. The Morgan fingerprint density at radius 3 is 2.38 bits per heavy atom.